The Labute approximate surface area is 118 Å². The lowest BCUT2D eigenvalue weighted by molar-refractivity contribution is 0.317. The Balaban J connectivity index is 2.12. The van der Waals surface area contributed by atoms with Gasteiger partial charge in [-0.15, -0.1) is 0 Å². The summed E-state index contributed by atoms with van der Waals surface area (Å²) in [5.41, 5.74) is 2.40. The quantitative estimate of drug-likeness (QED) is 0.871. The number of rotatable bonds is 5. The highest BCUT2D eigenvalue weighted by Crippen LogP contribution is 2.30. The molecule has 0 saturated carbocycles. The summed E-state index contributed by atoms with van der Waals surface area (Å²) >= 11 is 0. The third kappa shape index (κ3) is 3.20. The van der Waals surface area contributed by atoms with Crippen molar-refractivity contribution in [1.82, 2.24) is 0 Å². The molecule has 2 rings (SSSR count). The van der Waals surface area contributed by atoms with Crippen LogP contribution >= 0.6 is 0 Å². The van der Waals surface area contributed by atoms with E-state index in [4.69, 9.17) is 4.74 Å². The molecule has 0 heterocycles. The number of phenols is 1. The number of anilines is 1. The SMILES string of the molecule is CCOc1cccc(CNc2ccc(F)cc2C)c1O. The fourth-order valence-corrected chi connectivity index (χ4v) is 2.00. The van der Waals surface area contributed by atoms with Crippen LogP contribution < -0.4 is 10.1 Å². The number of halogens is 1. The fourth-order valence-electron chi connectivity index (χ4n) is 2.00. The zero-order valence-corrected chi connectivity index (χ0v) is 11.6. The topological polar surface area (TPSA) is 41.5 Å². The number of aryl methyl sites for hydroxylation is 1. The minimum absolute atomic E-state index is 0.140. The van der Waals surface area contributed by atoms with Gasteiger partial charge in [0.2, 0.25) is 0 Å². The van der Waals surface area contributed by atoms with E-state index in [-0.39, 0.29) is 11.6 Å². The van der Waals surface area contributed by atoms with Crippen molar-refractivity contribution in [1.29, 1.82) is 0 Å². The van der Waals surface area contributed by atoms with E-state index >= 15 is 0 Å². The summed E-state index contributed by atoms with van der Waals surface area (Å²) in [4.78, 5) is 0. The second-order valence-electron chi connectivity index (χ2n) is 4.51. The molecule has 106 valence electrons. The van der Waals surface area contributed by atoms with E-state index in [0.717, 1.165) is 16.8 Å². The Morgan fingerprint density at radius 3 is 2.75 bits per heavy atom. The highest BCUT2D eigenvalue weighted by Gasteiger charge is 2.08. The molecule has 0 aromatic heterocycles. The molecule has 0 atom stereocenters. The summed E-state index contributed by atoms with van der Waals surface area (Å²) in [6, 6.07) is 9.95. The average Bonchev–Trinajstić information content (AvgIpc) is 2.42. The lowest BCUT2D eigenvalue weighted by Crippen LogP contribution is -2.02. The molecule has 20 heavy (non-hydrogen) atoms. The van der Waals surface area contributed by atoms with Gasteiger partial charge in [-0.05, 0) is 43.7 Å². The summed E-state index contributed by atoms with van der Waals surface area (Å²) in [6.45, 7) is 4.65. The number of para-hydroxylation sites is 1. The van der Waals surface area contributed by atoms with Crippen molar-refractivity contribution in [3.8, 4) is 11.5 Å². The van der Waals surface area contributed by atoms with E-state index in [1.165, 1.54) is 12.1 Å². The van der Waals surface area contributed by atoms with Crippen LogP contribution in [0.5, 0.6) is 11.5 Å². The van der Waals surface area contributed by atoms with E-state index in [1.807, 2.05) is 26.0 Å². The molecule has 2 N–H and O–H groups in total. The van der Waals surface area contributed by atoms with Crippen molar-refractivity contribution in [3.05, 3.63) is 53.3 Å². The van der Waals surface area contributed by atoms with E-state index in [1.54, 1.807) is 12.1 Å². The number of aromatic hydroxyl groups is 1. The molecule has 0 bridgehead atoms. The van der Waals surface area contributed by atoms with E-state index in [0.29, 0.717) is 18.9 Å². The van der Waals surface area contributed by atoms with Crippen LogP contribution in [0.2, 0.25) is 0 Å². The Kier molecular flexibility index (Phi) is 4.45. The molecule has 0 aliphatic rings. The number of ether oxygens (including phenoxy) is 1. The molecule has 3 nitrogen and oxygen atoms in total. The third-order valence-electron chi connectivity index (χ3n) is 3.04. The predicted molar refractivity (Wildman–Crippen MR) is 77.7 cm³/mol. The first-order valence-corrected chi connectivity index (χ1v) is 6.55. The lowest BCUT2D eigenvalue weighted by Gasteiger charge is -2.13. The average molecular weight is 275 g/mol. The summed E-state index contributed by atoms with van der Waals surface area (Å²) in [5.74, 6) is 0.360. The van der Waals surface area contributed by atoms with E-state index in [2.05, 4.69) is 5.32 Å². The maximum atomic E-state index is 13.0. The number of phenolic OH excluding ortho intramolecular Hbond substituents is 1. The monoisotopic (exact) mass is 275 g/mol. The van der Waals surface area contributed by atoms with Crippen LogP contribution in [0.25, 0.3) is 0 Å². The van der Waals surface area contributed by atoms with Gasteiger partial charge >= 0.3 is 0 Å². The summed E-state index contributed by atoms with van der Waals surface area (Å²) < 4.78 is 18.4. The van der Waals surface area contributed by atoms with Crippen LogP contribution in [0.15, 0.2) is 36.4 Å². The van der Waals surface area contributed by atoms with Gasteiger partial charge in [0.05, 0.1) is 6.61 Å². The van der Waals surface area contributed by atoms with Crippen molar-refractivity contribution in [2.75, 3.05) is 11.9 Å². The highest BCUT2D eigenvalue weighted by atomic mass is 19.1. The molecular weight excluding hydrogens is 257 g/mol. The molecule has 2 aromatic rings. The van der Waals surface area contributed by atoms with Gasteiger partial charge in [-0.1, -0.05) is 12.1 Å². The first-order chi connectivity index (χ1) is 9.61. The molecule has 0 amide bonds. The smallest absolute Gasteiger partial charge is 0.162 e. The van der Waals surface area contributed by atoms with E-state index in [9.17, 15) is 9.50 Å². The van der Waals surface area contributed by atoms with Gasteiger partial charge in [-0.25, -0.2) is 4.39 Å². The summed E-state index contributed by atoms with van der Waals surface area (Å²) in [6.07, 6.45) is 0. The van der Waals surface area contributed by atoms with Crippen LogP contribution in [-0.2, 0) is 6.54 Å². The third-order valence-corrected chi connectivity index (χ3v) is 3.04. The van der Waals surface area contributed by atoms with Crippen molar-refractivity contribution >= 4 is 5.69 Å². The maximum absolute atomic E-state index is 13.0. The second kappa shape index (κ2) is 6.28. The molecule has 0 spiro atoms. The Hall–Kier alpha value is -2.23. The molecule has 0 aliphatic heterocycles. The first kappa shape index (κ1) is 14.2. The van der Waals surface area contributed by atoms with Crippen LogP contribution in [0.4, 0.5) is 10.1 Å². The van der Waals surface area contributed by atoms with E-state index < -0.39 is 0 Å². The molecule has 0 aliphatic carbocycles. The van der Waals surface area contributed by atoms with Crippen molar-refractivity contribution in [2.24, 2.45) is 0 Å². The van der Waals surface area contributed by atoms with Gasteiger partial charge in [-0.3, -0.25) is 0 Å². The fraction of sp³-hybridized carbons (Fsp3) is 0.250. The minimum atomic E-state index is -0.255. The highest BCUT2D eigenvalue weighted by molar-refractivity contribution is 5.53. The van der Waals surface area contributed by atoms with Crippen molar-refractivity contribution < 1.29 is 14.2 Å². The molecule has 0 fully saturated rings. The largest absolute Gasteiger partial charge is 0.504 e. The number of benzene rings is 2. The molecular formula is C16H18FNO2. The minimum Gasteiger partial charge on any atom is -0.504 e. The van der Waals surface area contributed by atoms with Gasteiger partial charge in [0.15, 0.2) is 11.5 Å². The van der Waals surface area contributed by atoms with Crippen LogP contribution in [-0.4, -0.2) is 11.7 Å². The number of hydrogen-bond donors (Lipinski definition) is 2. The maximum Gasteiger partial charge on any atom is 0.162 e. The molecule has 0 radical (unpaired) electrons. The number of nitrogens with one attached hydrogen (secondary N) is 1. The van der Waals surface area contributed by atoms with Gasteiger partial charge in [0.25, 0.3) is 0 Å². The molecule has 0 saturated heterocycles. The van der Waals surface area contributed by atoms with Crippen molar-refractivity contribution in [3.63, 3.8) is 0 Å². The standard InChI is InChI=1S/C16H18FNO2/c1-3-20-15-6-4-5-12(16(15)19)10-18-14-8-7-13(17)9-11(14)2/h4-9,18-19H,3,10H2,1-2H3. The normalized spacial score (nSPS) is 10.3. The van der Waals surface area contributed by atoms with Gasteiger partial charge in [0.1, 0.15) is 5.82 Å². The molecule has 4 heteroatoms. The van der Waals surface area contributed by atoms with Gasteiger partial charge < -0.3 is 15.2 Å². The zero-order chi connectivity index (χ0) is 14.5. The van der Waals surface area contributed by atoms with Crippen LogP contribution in [0.1, 0.15) is 18.1 Å². The van der Waals surface area contributed by atoms with Gasteiger partial charge in [-0.2, -0.15) is 0 Å². The molecule has 0 unspecified atom stereocenters. The first-order valence-electron chi connectivity index (χ1n) is 6.55. The second-order valence-corrected chi connectivity index (χ2v) is 4.51. The lowest BCUT2D eigenvalue weighted by atomic mass is 10.1. The van der Waals surface area contributed by atoms with Crippen molar-refractivity contribution in [2.45, 2.75) is 20.4 Å². The molecule has 2 aromatic carbocycles. The van der Waals surface area contributed by atoms with Crippen LogP contribution in [0, 0.1) is 12.7 Å². The number of hydrogen-bond acceptors (Lipinski definition) is 3. The Bertz CT molecular complexity index is 599. The summed E-state index contributed by atoms with van der Waals surface area (Å²) in [7, 11) is 0. The Morgan fingerprint density at radius 1 is 1.25 bits per heavy atom. The predicted octanol–water partition coefficient (Wildman–Crippen LogP) is 3.85. The summed E-state index contributed by atoms with van der Waals surface area (Å²) in [5, 5.41) is 13.3. The Morgan fingerprint density at radius 2 is 2.05 bits per heavy atom. The van der Waals surface area contributed by atoms with Gasteiger partial charge in [0, 0.05) is 17.8 Å². The zero-order valence-electron chi connectivity index (χ0n) is 11.6. The van der Waals surface area contributed by atoms with Crippen LogP contribution in [0.3, 0.4) is 0 Å².